The van der Waals surface area contributed by atoms with Crippen molar-refractivity contribution in [1.82, 2.24) is 15.3 Å². The Morgan fingerprint density at radius 3 is 2.10 bits per heavy atom. The molecule has 0 radical (unpaired) electrons. The maximum Gasteiger partial charge on any atom is 0.270 e. The minimum absolute atomic E-state index is 0.276. The zero-order valence-electron chi connectivity index (χ0n) is 16.7. The lowest BCUT2D eigenvalue weighted by atomic mass is 10.2. The SMILES string of the molecule is COc1ccccc1CNC(=O)c1cc(NCc2ccccc2OC)nc(C)n1. The summed E-state index contributed by atoms with van der Waals surface area (Å²) in [5.41, 5.74) is 2.19. The van der Waals surface area contributed by atoms with E-state index in [1.807, 2.05) is 48.5 Å². The second-order valence-electron chi connectivity index (χ2n) is 6.35. The van der Waals surface area contributed by atoms with E-state index in [9.17, 15) is 4.79 Å². The fourth-order valence-electron chi connectivity index (χ4n) is 2.92. The number of hydrogen-bond donors (Lipinski definition) is 2. The lowest BCUT2D eigenvalue weighted by molar-refractivity contribution is 0.0945. The minimum atomic E-state index is -0.276. The predicted molar refractivity (Wildman–Crippen MR) is 111 cm³/mol. The van der Waals surface area contributed by atoms with Crippen molar-refractivity contribution < 1.29 is 14.3 Å². The van der Waals surface area contributed by atoms with Gasteiger partial charge in [0.25, 0.3) is 5.91 Å². The molecule has 7 heteroatoms. The third-order valence-electron chi connectivity index (χ3n) is 4.35. The Kier molecular flexibility index (Phi) is 6.63. The Morgan fingerprint density at radius 1 is 0.897 bits per heavy atom. The number of carbonyl (C=O) groups is 1. The van der Waals surface area contributed by atoms with Crippen LogP contribution >= 0.6 is 0 Å². The molecule has 29 heavy (non-hydrogen) atoms. The van der Waals surface area contributed by atoms with Crippen molar-refractivity contribution in [2.75, 3.05) is 19.5 Å². The van der Waals surface area contributed by atoms with E-state index in [2.05, 4.69) is 20.6 Å². The number of anilines is 1. The van der Waals surface area contributed by atoms with Gasteiger partial charge in [0.05, 0.1) is 14.2 Å². The van der Waals surface area contributed by atoms with E-state index in [-0.39, 0.29) is 5.91 Å². The Hall–Kier alpha value is -3.61. The summed E-state index contributed by atoms with van der Waals surface area (Å²) in [6, 6.07) is 16.9. The maximum atomic E-state index is 12.6. The summed E-state index contributed by atoms with van der Waals surface area (Å²) in [7, 11) is 3.24. The van der Waals surface area contributed by atoms with Gasteiger partial charge in [0.15, 0.2) is 0 Å². The van der Waals surface area contributed by atoms with Crippen LogP contribution in [0.25, 0.3) is 0 Å². The number of aryl methyl sites for hydroxylation is 1. The summed E-state index contributed by atoms with van der Waals surface area (Å²) < 4.78 is 10.7. The van der Waals surface area contributed by atoms with E-state index in [0.717, 1.165) is 22.6 Å². The molecule has 0 aliphatic carbocycles. The number of nitrogens with one attached hydrogen (secondary N) is 2. The third-order valence-corrected chi connectivity index (χ3v) is 4.35. The van der Waals surface area contributed by atoms with Crippen LogP contribution in [0.5, 0.6) is 11.5 Å². The molecule has 3 rings (SSSR count). The number of ether oxygens (including phenoxy) is 2. The van der Waals surface area contributed by atoms with Crippen LogP contribution in [0.3, 0.4) is 0 Å². The van der Waals surface area contributed by atoms with Crippen LogP contribution in [0.4, 0.5) is 5.82 Å². The molecule has 1 aromatic heterocycles. The standard InChI is InChI=1S/C22H24N4O3/c1-15-25-18(22(27)24-14-17-9-5-7-11-20(17)29-3)12-21(26-15)23-13-16-8-4-6-10-19(16)28-2/h4-12H,13-14H2,1-3H3,(H,24,27)(H,23,25,26). The quantitative estimate of drug-likeness (QED) is 0.612. The molecule has 1 amide bonds. The number of carbonyl (C=O) groups excluding carboxylic acids is 1. The fourth-order valence-corrected chi connectivity index (χ4v) is 2.92. The van der Waals surface area contributed by atoms with E-state index in [0.29, 0.717) is 30.4 Å². The summed E-state index contributed by atoms with van der Waals surface area (Å²) in [4.78, 5) is 21.2. The van der Waals surface area contributed by atoms with Crippen LogP contribution in [0.2, 0.25) is 0 Å². The van der Waals surface area contributed by atoms with Crippen LogP contribution in [0.15, 0.2) is 54.6 Å². The van der Waals surface area contributed by atoms with Crippen LogP contribution in [0, 0.1) is 6.92 Å². The summed E-state index contributed by atoms with van der Waals surface area (Å²) in [6.07, 6.45) is 0. The molecule has 0 aliphatic heterocycles. The number of aromatic nitrogens is 2. The number of rotatable bonds is 8. The van der Waals surface area contributed by atoms with Gasteiger partial charge in [0.1, 0.15) is 28.8 Å². The van der Waals surface area contributed by atoms with Gasteiger partial charge < -0.3 is 20.1 Å². The number of amides is 1. The monoisotopic (exact) mass is 392 g/mol. The Morgan fingerprint density at radius 2 is 1.48 bits per heavy atom. The highest BCUT2D eigenvalue weighted by molar-refractivity contribution is 5.92. The molecule has 0 fully saturated rings. The van der Waals surface area contributed by atoms with Crippen molar-refractivity contribution in [2.24, 2.45) is 0 Å². The first-order chi connectivity index (χ1) is 14.1. The largest absolute Gasteiger partial charge is 0.496 e. The zero-order valence-corrected chi connectivity index (χ0v) is 16.7. The average molecular weight is 392 g/mol. The molecule has 3 aromatic rings. The van der Waals surface area contributed by atoms with Crippen molar-refractivity contribution >= 4 is 11.7 Å². The second kappa shape index (κ2) is 9.54. The Bertz CT molecular complexity index is 991. The van der Waals surface area contributed by atoms with Gasteiger partial charge in [-0.15, -0.1) is 0 Å². The van der Waals surface area contributed by atoms with Gasteiger partial charge >= 0.3 is 0 Å². The van der Waals surface area contributed by atoms with E-state index < -0.39 is 0 Å². The minimum Gasteiger partial charge on any atom is -0.496 e. The summed E-state index contributed by atoms with van der Waals surface area (Å²) in [6.45, 7) is 2.61. The second-order valence-corrected chi connectivity index (χ2v) is 6.35. The number of hydrogen-bond acceptors (Lipinski definition) is 6. The molecule has 2 N–H and O–H groups in total. The van der Waals surface area contributed by atoms with Crippen LogP contribution in [-0.4, -0.2) is 30.1 Å². The Balaban J connectivity index is 1.68. The van der Waals surface area contributed by atoms with Crippen molar-refractivity contribution in [3.05, 3.63) is 77.2 Å². The van der Waals surface area contributed by atoms with E-state index >= 15 is 0 Å². The molecular formula is C22H24N4O3. The highest BCUT2D eigenvalue weighted by Crippen LogP contribution is 2.19. The molecule has 0 atom stereocenters. The molecule has 7 nitrogen and oxygen atoms in total. The van der Waals surface area contributed by atoms with Crippen molar-refractivity contribution in [2.45, 2.75) is 20.0 Å². The maximum absolute atomic E-state index is 12.6. The number of benzene rings is 2. The Labute approximate surface area is 170 Å². The van der Waals surface area contributed by atoms with E-state index in [1.165, 1.54) is 0 Å². The normalized spacial score (nSPS) is 10.3. The van der Waals surface area contributed by atoms with Crippen molar-refractivity contribution in [3.8, 4) is 11.5 Å². The van der Waals surface area contributed by atoms with E-state index in [4.69, 9.17) is 9.47 Å². The third kappa shape index (κ3) is 5.22. The fraction of sp³-hybridized carbons (Fsp3) is 0.227. The van der Waals surface area contributed by atoms with Crippen molar-refractivity contribution in [1.29, 1.82) is 0 Å². The first-order valence-corrected chi connectivity index (χ1v) is 9.22. The number of nitrogens with zero attached hydrogens (tertiary/aromatic N) is 2. The van der Waals surface area contributed by atoms with Crippen LogP contribution < -0.4 is 20.1 Å². The van der Waals surface area contributed by atoms with Gasteiger partial charge in [-0.25, -0.2) is 9.97 Å². The van der Waals surface area contributed by atoms with Gasteiger partial charge in [-0.05, 0) is 19.1 Å². The first kappa shape index (κ1) is 20.1. The highest BCUT2D eigenvalue weighted by Gasteiger charge is 2.12. The first-order valence-electron chi connectivity index (χ1n) is 9.22. The summed E-state index contributed by atoms with van der Waals surface area (Å²) in [5.74, 6) is 2.33. The smallest absolute Gasteiger partial charge is 0.270 e. The lowest BCUT2D eigenvalue weighted by Crippen LogP contribution is -2.24. The molecule has 1 heterocycles. The summed E-state index contributed by atoms with van der Waals surface area (Å²) in [5, 5.41) is 6.11. The number of para-hydroxylation sites is 2. The summed E-state index contributed by atoms with van der Waals surface area (Å²) >= 11 is 0. The van der Waals surface area contributed by atoms with Crippen LogP contribution in [0.1, 0.15) is 27.4 Å². The molecule has 0 spiro atoms. The molecule has 0 unspecified atom stereocenters. The van der Waals surface area contributed by atoms with E-state index in [1.54, 1.807) is 27.2 Å². The molecule has 0 aliphatic rings. The molecule has 0 saturated heterocycles. The van der Waals surface area contributed by atoms with Gasteiger partial charge in [0.2, 0.25) is 0 Å². The van der Waals surface area contributed by atoms with Gasteiger partial charge in [-0.3, -0.25) is 4.79 Å². The van der Waals surface area contributed by atoms with Crippen LogP contribution in [-0.2, 0) is 13.1 Å². The van der Waals surface area contributed by atoms with Gasteiger partial charge in [0, 0.05) is 30.3 Å². The topological polar surface area (TPSA) is 85.4 Å². The lowest BCUT2D eigenvalue weighted by Gasteiger charge is -2.12. The average Bonchev–Trinajstić information content (AvgIpc) is 2.76. The van der Waals surface area contributed by atoms with Gasteiger partial charge in [-0.2, -0.15) is 0 Å². The molecule has 150 valence electrons. The van der Waals surface area contributed by atoms with Gasteiger partial charge in [-0.1, -0.05) is 36.4 Å². The molecule has 2 aromatic carbocycles. The predicted octanol–water partition coefficient (Wildman–Crippen LogP) is 3.34. The molecular weight excluding hydrogens is 368 g/mol. The highest BCUT2D eigenvalue weighted by atomic mass is 16.5. The number of methoxy groups -OCH3 is 2. The molecule has 0 saturated carbocycles. The van der Waals surface area contributed by atoms with Crippen molar-refractivity contribution in [3.63, 3.8) is 0 Å². The zero-order chi connectivity index (χ0) is 20.6. The molecule has 0 bridgehead atoms.